The first kappa shape index (κ1) is 21.6. The molecular weight excluding hydrogens is 380 g/mol. The number of carbonyl (C=O) groups is 2. The van der Waals surface area contributed by atoms with Crippen molar-refractivity contribution in [3.63, 3.8) is 0 Å². The van der Waals surface area contributed by atoms with E-state index in [1.54, 1.807) is 13.0 Å². The number of esters is 1. The highest BCUT2D eigenvalue weighted by atomic mass is 16.8. The highest BCUT2D eigenvalue weighted by Crippen LogP contribution is 2.35. The van der Waals surface area contributed by atoms with Crippen LogP contribution in [0.4, 0.5) is 4.79 Å². The van der Waals surface area contributed by atoms with Crippen LogP contribution in [-0.4, -0.2) is 18.7 Å². The Morgan fingerprint density at radius 2 is 1.90 bits per heavy atom. The number of hydrogen-bond acceptors (Lipinski definition) is 5. The number of carbonyl (C=O) groups excluding carboxylic acids is 2. The molecule has 1 heterocycles. The summed E-state index contributed by atoms with van der Waals surface area (Å²) in [5.41, 5.74) is 4.05. The van der Waals surface area contributed by atoms with Gasteiger partial charge in [0.15, 0.2) is 6.10 Å². The van der Waals surface area contributed by atoms with Crippen LogP contribution < -0.4 is 4.74 Å². The molecule has 158 valence electrons. The Labute approximate surface area is 177 Å². The van der Waals surface area contributed by atoms with Gasteiger partial charge in [0.1, 0.15) is 12.4 Å². The molecule has 0 spiro atoms. The predicted molar refractivity (Wildman–Crippen MR) is 115 cm³/mol. The lowest BCUT2D eigenvalue weighted by Crippen LogP contribution is -2.10. The zero-order valence-electron chi connectivity index (χ0n) is 17.6. The fourth-order valence-corrected chi connectivity index (χ4v) is 3.35. The van der Waals surface area contributed by atoms with Gasteiger partial charge in [-0.3, -0.25) is 0 Å². The number of hydrogen-bond donors (Lipinski definition) is 0. The quantitative estimate of drug-likeness (QED) is 0.215. The van der Waals surface area contributed by atoms with Crippen LogP contribution >= 0.6 is 0 Å². The van der Waals surface area contributed by atoms with E-state index in [-0.39, 0.29) is 6.61 Å². The second-order valence-electron chi connectivity index (χ2n) is 7.60. The summed E-state index contributed by atoms with van der Waals surface area (Å²) in [6.45, 7) is 7.60. The van der Waals surface area contributed by atoms with Crippen molar-refractivity contribution < 1.29 is 23.8 Å². The fraction of sp³-hybridized carbons (Fsp3) is 0.360. The summed E-state index contributed by atoms with van der Waals surface area (Å²) in [7, 11) is 0. The molecule has 5 heteroatoms. The Balaban J connectivity index is 1.84. The van der Waals surface area contributed by atoms with Gasteiger partial charge in [-0.2, -0.15) is 0 Å². The van der Waals surface area contributed by atoms with Gasteiger partial charge in [0, 0.05) is 11.1 Å². The van der Waals surface area contributed by atoms with Gasteiger partial charge < -0.3 is 14.2 Å². The van der Waals surface area contributed by atoms with Crippen molar-refractivity contribution >= 4 is 12.1 Å². The van der Waals surface area contributed by atoms with E-state index in [4.69, 9.17) is 14.2 Å². The van der Waals surface area contributed by atoms with Gasteiger partial charge >= 0.3 is 12.1 Å². The van der Waals surface area contributed by atoms with Crippen molar-refractivity contribution in [3.8, 4) is 16.9 Å². The van der Waals surface area contributed by atoms with E-state index in [9.17, 15) is 9.59 Å². The lowest BCUT2D eigenvalue weighted by molar-refractivity contribution is -0.130. The molecule has 0 aliphatic carbocycles. The molecule has 1 unspecified atom stereocenters. The summed E-state index contributed by atoms with van der Waals surface area (Å²) in [5.74, 6) is -0.0974. The summed E-state index contributed by atoms with van der Waals surface area (Å²) >= 11 is 0. The standard InChI is InChI=1S/C25H28O5/c1-4-5-6-7-8-18-9-11-19(12-10-18)21-14-13-20(23-16-28-25(27)30-23)15-22(21)29-24(26)17(2)3/h9-15,23H,2,4-8,16H2,1,3H3. The van der Waals surface area contributed by atoms with Crippen molar-refractivity contribution in [1.29, 1.82) is 0 Å². The summed E-state index contributed by atoms with van der Waals surface area (Å²) in [4.78, 5) is 23.4. The molecule has 1 fully saturated rings. The molecule has 0 bridgehead atoms. The topological polar surface area (TPSA) is 61.8 Å². The van der Waals surface area contributed by atoms with E-state index < -0.39 is 18.2 Å². The van der Waals surface area contributed by atoms with Gasteiger partial charge in [0.2, 0.25) is 0 Å². The molecule has 0 saturated carbocycles. The van der Waals surface area contributed by atoms with Gasteiger partial charge in [-0.25, -0.2) is 9.59 Å². The van der Waals surface area contributed by atoms with Crippen molar-refractivity contribution in [2.24, 2.45) is 0 Å². The van der Waals surface area contributed by atoms with E-state index in [0.29, 0.717) is 16.9 Å². The molecule has 2 aromatic carbocycles. The van der Waals surface area contributed by atoms with Crippen LogP contribution in [0.5, 0.6) is 5.75 Å². The number of benzene rings is 2. The minimum absolute atomic E-state index is 0.138. The maximum absolute atomic E-state index is 12.2. The molecule has 3 rings (SSSR count). The summed E-state index contributed by atoms with van der Waals surface area (Å²) in [6, 6.07) is 13.8. The van der Waals surface area contributed by atoms with E-state index >= 15 is 0 Å². The first-order valence-electron chi connectivity index (χ1n) is 10.4. The highest BCUT2D eigenvalue weighted by molar-refractivity contribution is 5.90. The van der Waals surface area contributed by atoms with Crippen LogP contribution in [0.1, 0.15) is 56.8 Å². The average Bonchev–Trinajstić information content (AvgIpc) is 3.18. The van der Waals surface area contributed by atoms with Gasteiger partial charge in [-0.05, 0) is 42.5 Å². The maximum Gasteiger partial charge on any atom is 0.509 e. The molecule has 30 heavy (non-hydrogen) atoms. The van der Waals surface area contributed by atoms with Gasteiger partial charge in [-0.15, -0.1) is 0 Å². The van der Waals surface area contributed by atoms with Crippen LogP contribution in [0.25, 0.3) is 11.1 Å². The Hall–Kier alpha value is -3.08. The first-order chi connectivity index (χ1) is 14.5. The lowest BCUT2D eigenvalue weighted by atomic mass is 9.98. The van der Waals surface area contributed by atoms with E-state index in [1.807, 2.05) is 24.3 Å². The van der Waals surface area contributed by atoms with E-state index in [1.165, 1.54) is 31.2 Å². The summed E-state index contributed by atoms with van der Waals surface area (Å²) in [6.07, 6.45) is 4.78. The smallest absolute Gasteiger partial charge is 0.430 e. The molecule has 1 saturated heterocycles. The molecule has 2 aromatic rings. The fourth-order valence-electron chi connectivity index (χ4n) is 3.35. The third-order valence-corrected chi connectivity index (χ3v) is 5.10. The van der Waals surface area contributed by atoms with Gasteiger partial charge in [0.05, 0.1) is 0 Å². The predicted octanol–water partition coefficient (Wildman–Crippen LogP) is 6.17. The normalized spacial score (nSPS) is 15.4. The minimum atomic E-state index is -0.695. The number of cyclic esters (lactones) is 2. The molecule has 1 atom stereocenters. The number of unbranched alkanes of at least 4 members (excludes halogenated alkanes) is 3. The Morgan fingerprint density at radius 3 is 2.53 bits per heavy atom. The molecule has 0 radical (unpaired) electrons. The third kappa shape index (κ3) is 5.50. The Bertz CT molecular complexity index is 914. The molecule has 5 nitrogen and oxygen atoms in total. The number of aryl methyl sites for hydroxylation is 1. The van der Waals surface area contributed by atoms with E-state index in [0.717, 1.165) is 17.5 Å². The second-order valence-corrected chi connectivity index (χ2v) is 7.60. The van der Waals surface area contributed by atoms with Crippen LogP contribution in [0.15, 0.2) is 54.6 Å². The average molecular weight is 408 g/mol. The second kappa shape index (κ2) is 10.1. The highest BCUT2D eigenvalue weighted by Gasteiger charge is 2.27. The van der Waals surface area contributed by atoms with Gasteiger partial charge in [0.25, 0.3) is 0 Å². The molecule has 1 aliphatic rings. The summed E-state index contributed by atoms with van der Waals surface area (Å²) in [5, 5.41) is 0. The SMILES string of the molecule is C=C(C)C(=O)Oc1cc(C2COC(=O)O2)ccc1-c1ccc(CCCCCC)cc1. The van der Waals surface area contributed by atoms with Crippen LogP contribution in [0.2, 0.25) is 0 Å². The molecule has 0 aromatic heterocycles. The Kier molecular flexibility index (Phi) is 7.28. The largest absolute Gasteiger partial charge is 0.509 e. The van der Waals surface area contributed by atoms with Crippen LogP contribution in [0, 0.1) is 0 Å². The number of ether oxygens (including phenoxy) is 3. The van der Waals surface area contributed by atoms with Crippen LogP contribution in [0.3, 0.4) is 0 Å². The van der Waals surface area contributed by atoms with Crippen molar-refractivity contribution in [2.75, 3.05) is 6.61 Å². The van der Waals surface area contributed by atoms with Crippen LogP contribution in [-0.2, 0) is 20.7 Å². The zero-order valence-corrected chi connectivity index (χ0v) is 17.6. The number of rotatable bonds is 9. The molecule has 0 N–H and O–H groups in total. The minimum Gasteiger partial charge on any atom is -0.430 e. The van der Waals surface area contributed by atoms with Crippen molar-refractivity contribution in [2.45, 2.75) is 52.1 Å². The molecule has 1 aliphatic heterocycles. The lowest BCUT2D eigenvalue weighted by Gasteiger charge is -2.14. The van der Waals surface area contributed by atoms with Crippen molar-refractivity contribution in [1.82, 2.24) is 0 Å². The van der Waals surface area contributed by atoms with E-state index in [2.05, 4.69) is 25.6 Å². The third-order valence-electron chi connectivity index (χ3n) is 5.10. The molecular formula is C25H28O5. The van der Waals surface area contributed by atoms with Crippen molar-refractivity contribution in [3.05, 3.63) is 65.7 Å². The monoisotopic (exact) mass is 408 g/mol. The van der Waals surface area contributed by atoms with Gasteiger partial charge in [-0.1, -0.05) is 69.2 Å². The molecule has 0 amide bonds. The summed E-state index contributed by atoms with van der Waals surface area (Å²) < 4.78 is 15.6. The first-order valence-corrected chi connectivity index (χ1v) is 10.4. The Morgan fingerprint density at radius 1 is 1.13 bits per heavy atom. The zero-order chi connectivity index (χ0) is 21.5. The maximum atomic E-state index is 12.2.